The SMILES string of the molecule is Cc1cncc(CNCCc2cccnc2)c1. The first kappa shape index (κ1) is 11.7. The van der Waals surface area contributed by atoms with Crippen LogP contribution in [0, 0.1) is 6.92 Å². The van der Waals surface area contributed by atoms with Crippen LogP contribution in [0.5, 0.6) is 0 Å². The van der Waals surface area contributed by atoms with Gasteiger partial charge < -0.3 is 5.32 Å². The largest absolute Gasteiger partial charge is 0.312 e. The van der Waals surface area contributed by atoms with Crippen LogP contribution in [0.25, 0.3) is 0 Å². The molecular formula is C14H17N3. The number of rotatable bonds is 5. The Bertz CT molecular complexity index is 454. The number of hydrogen-bond acceptors (Lipinski definition) is 3. The van der Waals surface area contributed by atoms with Gasteiger partial charge in [-0.05, 0) is 42.6 Å². The van der Waals surface area contributed by atoms with Gasteiger partial charge in [-0.1, -0.05) is 12.1 Å². The highest BCUT2D eigenvalue weighted by molar-refractivity contribution is 5.16. The zero-order valence-corrected chi connectivity index (χ0v) is 10.1. The quantitative estimate of drug-likeness (QED) is 0.795. The summed E-state index contributed by atoms with van der Waals surface area (Å²) in [6, 6.07) is 6.23. The summed E-state index contributed by atoms with van der Waals surface area (Å²) in [5.41, 5.74) is 3.70. The Morgan fingerprint density at radius 3 is 2.76 bits per heavy atom. The molecule has 2 heterocycles. The van der Waals surface area contributed by atoms with Gasteiger partial charge in [-0.2, -0.15) is 0 Å². The molecule has 0 atom stereocenters. The Morgan fingerprint density at radius 2 is 2.00 bits per heavy atom. The standard InChI is InChI=1S/C14H17N3/c1-12-7-14(11-17-8-12)10-16-6-4-13-3-2-5-15-9-13/h2-3,5,7-9,11,16H,4,6,10H2,1H3. The number of aryl methyl sites for hydroxylation is 1. The smallest absolute Gasteiger partial charge is 0.0313 e. The van der Waals surface area contributed by atoms with E-state index in [1.807, 2.05) is 24.7 Å². The van der Waals surface area contributed by atoms with E-state index in [0.29, 0.717) is 0 Å². The second kappa shape index (κ2) is 6.11. The average molecular weight is 227 g/mol. The number of nitrogens with zero attached hydrogens (tertiary/aromatic N) is 2. The van der Waals surface area contributed by atoms with Gasteiger partial charge in [-0.3, -0.25) is 9.97 Å². The predicted molar refractivity (Wildman–Crippen MR) is 68.6 cm³/mol. The molecule has 0 saturated heterocycles. The van der Waals surface area contributed by atoms with Crippen LogP contribution in [0.4, 0.5) is 0 Å². The van der Waals surface area contributed by atoms with Gasteiger partial charge in [0.2, 0.25) is 0 Å². The van der Waals surface area contributed by atoms with E-state index in [1.165, 1.54) is 16.7 Å². The van der Waals surface area contributed by atoms with Crippen LogP contribution in [0.3, 0.4) is 0 Å². The number of aromatic nitrogens is 2. The summed E-state index contributed by atoms with van der Waals surface area (Å²) < 4.78 is 0. The van der Waals surface area contributed by atoms with Crippen molar-refractivity contribution >= 4 is 0 Å². The van der Waals surface area contributed by atoms with Crippen LogP contribution in [0.15, 0.2) is 43.0 Å². The van der Waals surface area contributed by atoms with Gasteiger partial charge in [-0.25, -0.2) is 0 Å². The lowest BCUT2D eigenvalue weighted by atomic mass is 10.2. The van der Waals surface area contributed by atoms with Crippen LogP contribution < -0.4 is 5.32 Å². The second-order valence-electron chi connectivity index (χ2n) is 4.16. The maximum absolute atomic E-state index is 4.17. The maximum atomic E-state index is 4.17. The Kier molecular flexibility index (Phi) is 4.22. The minimum atomic E-state index is 0.870. The summed E-state index contributed by atoms with van der Waals surface area (Å²) >= 11 is 0. The summed E-state index contributed by atoms with van der Waals surface area (Å²) in [6.45, 7) is 3.89. The van der Waals surface area contributed by atoms with Crippen molar-refractivity contribution in [3.8, 4) is 0 Å². The first-order valence-corrected chi connectivity index (χ1v) is 5.85. The normalized spacial score (nSPS) is 10.4. The Labute approximate surface area is 102 Å². The third kappa shape index (κ3) is 3.96. The van der Waals surface area contributed by atoms with Crippen molar-refractivity contribution in [2.45, 2.75) is 19.9 Å². The molecule has 0 bridgehead atoms. The number of nitrogens with one attached hydrogen (secondary N) is 1. The summed E-state index contributed by atoms with van der Waals surface area (Å²) in [7, 11) is 0. The van der Waals surface area contributed by atoms with E-state index in [0.717, 1.165) is 19.5 Å². The Morgan fingerprint density at radius 1 is 1.12 bits per heavy atom. The van der Waals surface area contributed by atoms with E-state index >= 15 is 0 Å². The minimum absolute atomic E-state index is 0.870. The van der Waals surface area contributed by atoms with Crippen molar-refractivity contribution < 1.29 is 0 Å². The first-order chi connectivity index (χ1) is 8.34. The number of pyridine rings is 2. The highest BCUT2D eigenvalue weighted by Gasteiger charge is 1.95. The van der Waals surface area contributed by atoms with E-state index in [-0.39, 0.29) is 0 Å². The molecule has 0 radical (unpaired) electrons. The fourth-order valence-electron chi connectivity index (χ4n) is 1.73. The summed E-state index contributed by atoms with van der Waals surface area (Å²) in [6.07, 6.45) is 8.50. The molecule has 1 N–H and O–H groups in total. The monoisotopic (exact) mass is 227 g/mol. The highest BCUT2D eigenvalue weighted by Crippen LogP contribution is 2.01. The zero-order valence-electron chi connectivity index (χ0n) is 10.1. The Balaban J connectivity index is 1.73. The molecule has 0 amide bonds. The van der Waals surface area contributed by atoms with Crippen LogP contribution in [-0.4, -0.2) is 16.5 Å². The molecular weight excluding hydrogens is 210 g/mol. The molecule has 17 heavy (non-hydrogen) atoms. The van der Waals surface area contributed by atoms with Crippen molar-refractivity contribution in [1.29, 1.82) is 0 Å². The van der Waals surface area contributed by atoms with Crippen molar-refractivity contribution in [3.63, 3.8) is 0 Å². The highest BCUT2D eigenvalue weighted by atomic mass is 14.8. The second-order valence-corrected chi connectivity index (χ2v) is 4.16. The van der Waals surface area contributed by atoms with Crippen molar-refractivity contribution in [3.05, 3.63) is 59.7 Å². The van der Waals surface area contributed by atoms with Crippen LogP contribution >= 0.6 is 0 Å². The van der Waals surface area contributed by atoms with Crippen molar-refractivity contribution in [2.24, 2.45) is 0 Å². The van der Waals surface area contributed by atoms with Gasteiger partial charge in [-0.15, -0.1) is 0 Å². The molecule has 0 aromatic carbocycles. The van der Waals surface area contributed by atoms with Gasteiger partial charge in [0.05, 0.1) is 0 Å². The van der Waals surface area contributed by atoms with Gasteiger partial charge in [0.25, 0.3) is 0 Å². The van der Waals surface area contributed by atoms with Crippen LogP contribution in [0.2, 0.25) is 0 Å². The van der Waals surface area contributed by atoms with E-state index < -0.39 is 0 Å². The molecule has 0 aliphatic rings. The molecule has 0 unspecified atom stereocenters. The molecule has 0 aliphatic carbocycles. The lowest BCUT2D eigenvalue weighted by molar-refractivity contribution is 0.684. The Hall–Kier alpha value is -1.74. The molecule has 0 fully saturated rings. The first-order valence-electron chi connectivity index (χ1n) is 5.85. The summed E-state index contributed by atoms with van der Waals surface area (Å²) in [4.78, 5) is 8.27. The molecule has 3 heteroatoms. The molecule has 0 aliphatic heterocycles. The maximum Gasteiger partial charge on any atom is 0.0313 e. The fourth-order valence-corrected chi connectivity index (χ4v) is 1.73. The fraction of sp³-hybridized carbons (Fsp3) is 0.286. The number of hydrogen-bond donors (Lipinski definition) is 1. The third-order valence-corrected chi connectivity index (χ3v) is 2.57. The van der Waals surface area contributed by atoms with Crippen LogP contribution in [-0.2, 0) is 13.0 Å². The molecule has 2 aromatic heterocycles. The van der Waals surface area contributed by atoms with Gasteiger partial charge in [0.1, 0.15) is 0 Å². The van der Waals surface area contributed by atoms with E-state index in [4.69, 9.17) is 0 Å². The molecule has 2 aromatic rings. The summed E-state index contributed by atoms with van der Waals surface area (Å²) in [5.74, 6) is 0. The molecule has 0 spiro atoms. The topological polar surface area (TPSA) is 37.8 Å². The van der Waals surface area contributed by atoms with Gasteiger partial charge >= 0.3 is 0 Å². The van der Waals surface area contributed by atoms with Gasteiger partial charge in [0.15, 0.2) is 0 Å². The molecule has 88 valence electrons. The zero-order chi connectivity index (χ0) is 11.9. The third-order valence-electron chi connectivity index (χ3n) is 2.57. The van der Waals surface area contributed by atoms with E-state index in [2.05, 4.69) is 34.3 Å². The van der Waals surface area contributed by atoms with E-state index in [9.17, 15) is 0 Å². The summed E-state index contributed by atoms with van der Waals surface area (Å²) in [5, 5.41) is 3.41. The lowest BCUT2D eigenvalue weighted by Crippen LogP contribution is -2.16. The molecule has 2 rings (SSSR count). The van der Waals surface area contributed by atoms with Crippen molar-refractivity contribution in [1.82, 2.24) is 15.3 Å². The predicted octanol–water partition coefficient (Wildman–Crippen LogP) is 2.12. The van der Waals surface area contributed by atoms with Crippen molar-refractivity contribution in [2.75, 3.05) is 6.54 Å². The minimum Gasteiger partial charge on any atom is -0.312 e. The molecule has 3 nitrogen and oxygen atoms in total. The lowest BCUT2D eigenvalue weighted by Gasteiger charge is -2.05. The van der Waals surface area contributed by atoms with Crippen LogP contribution in [0.1, 0.15) is 16.7 Å². The molecule has 0 saturated carbocycles. The van der Waals surface area contributed by atoms with E-state index in [1.54, 1.807) is 6.20 Å². The average Bonchev–Trinajstić information content (AvgIpc) is 2.36. The van der Waals surface area contributed by atoms with Gasteiger partial charge in [0, 0.05) is 31.3 Å².